The maximum absolute atomic E-state index is 12.2. The summed E-state index contributed by atoms with van der Waals surface area (Å²) in [5, 5.41) is 0.00898. The number of Topliss-reactive ketones (excluding diaryl/α,β-unsaturated/α-hetero) is 1. The summed E-state index contributed by atoms with van der Waals surface area (Å²) in [4.78, 5) is 15.3. The standard InChI is InChI=1S/C17H19N.C11H14N2O3S.C4H10.C2H6/c1-2-7-17(18)13-14-8-6-11-16(12-14)15-9-4-3-5-10-15;14-10-5-2-4-8-13(9-10)17(15,16)11-6-1-3-7-12-11;1-4(2)3;1-2/h3-12H,2,13,18H2,1H3;1,3,6-7H,2,4-5,8-9H2;4H,1-3H3;1-2H3/b17-7+;;;. The molecule has 224 valence electrons. The number of hydrogen-bond acceptors (Lipinski definition) is 5. The minimum atomic E-state index is -3.62. The number of carbonyl (C=O) groups is 1. The highest BCUT2D eigenvalue weighted by atomic mass is 32.2. The van der Waals surface area contributed by atoms with Gasteiger partial charge in [-0.05, 0) is 54.0 Å². The van der Waals surface area contributed by atoms with E-state index in [0.717, 1.165) is 37.3 Å². The summed E-state index contributed by atoms with van der Waals surface area (Å²) < 4.78 is 25.6. The Morgan fingerprint density at radius 3 is 2.20 bits per heavy atom. The summed E-state index contributed by atoms with van der Waals surface area (Å²) in [6, 6.07) is 23.7. The molecule has 3 aromatic rings. The Balaban J connectivity index is 0.000000345. The van der Waals surface area contributed by atoms with Gasteiger partial charge in [0.1, 0.15) is 5.78 Å². The van der Waals surface area contributed by atoms with Crippen LogP contribution in [0.2, 0.25) is 0 Å². The second kappa shape index (κ2) is 19.7. The fourth-order valence-corrected chi connectivity index (χ4v) is 5.26. The molecule has 2 N–H and O–H groups in total. The molecular formula is C34H49N3O3S. The van der Waals surface area contributed by atoms with Gasteiger partial charge in [0.25, 0.3) is 10.0 Å². The summed E-state index contributed by atoms with van der Waals surface area (Å²) in [5.74, 6) is 0.807. The molecule has 0 unspecified atom stereocenters. The molecule has 0 spiro atoms. The van der Waals surface area contributed by atoms with Gasteiger partial charge < -0.3 is 5.73 Å². The van der Waals surface area contributed by atoms with Gasteiger partial charge in [0.2, 0.25) is 0 Å². The molecule has 0 amide bonds. The molecular weight excluding hydrogens is 530 g/mol. The van der Waals surface area contributed by atoms with Crippen LogP contribution in [0.3, 0.4) is 0 Å². The smallest absolute Gasteiger partial charge is 0.260 e. The molecule has 0 atom stereocenters. The first-order valence-corrected chi connectivity index (χ1v) is 16.1. The van der Waals surface area contributed by atoms with E-state index in [1.165, 1.54) is 33.3 Å². The zero-order valence-electron chi connectivity index (χ0n) is 25.7. The number of nitrogens with zero attached hydrogens (tertiary/aromatic N) is 2. The van der Waals surface area contributed by atoms with E-state index in [1.54, 1.807) is 12.1 Å². The number of hydrogen-bond donors (Lipinski definition) is 1. The number of carbonyl (C=O) groups excluding carboxylic acids is 1. The summed E-state index contributed by atoms with van der Waals surface area (Å²) >= 11 is 0. The van der Waals surface area contributed by atoms with E-state index in [1.807, 2.05) is 19.9 Å². The highest BCUT2D eigenvalue weighted by molar-refractivity contribution is 7.89. The van der Waals surface area contributed by atoms with E-state index in [2.05, 4.69) is 87.3 Å². The van der Waals surface area contributed by atoms with Crippen molar-refractivity contribution in [2.24, 2.45) is 11.7 Å². The molecule has 0 saturated carbocycles. The average Bonchev–Trinajstić information content (AvgIpc) is 3.20. The topological polar surface area (TPSA) is 93.4 Å². The summed E-state index contributed by atoms with van der Waals surface area (Å²) in [5.41, 5.74) is 10.7. The summed E-state index contributed by atoms with van der Waals surface area (Å²) in [6.45, 7) is 13.0. The van der Waals surface area contributed by atoms with Crippen LogP contribution in [0.4, 0.5) is 0 Å². The van der Waals surface area contributed by atoms with Crippen LogP contribution in [0.5, 0.6) is 0 Å². The highest BCUT2D eigenvalue weighted by Crippen LogP contribution is 2.21. The van der Waals surface area contributed by atoms with E-state index < -0.39 is 10.0 Å². The van der Waals surface area contributed by atoms with Gasteiger partial charge in [-0.2, -0.15) is 4.31 Å². The lowest BCUT2D eigenvalue weighted by molar-refractivity contribution is -0.118. The van der Waals surface area contributed by atoms with Crippen molar-refractivity contribution >= 4 is 15.8 Å². The number of ketones is 1. The van der Waals surface area contributed by atoms with Gasteiger partial charge in [-0.1, -0.05) is 108 Å². The molecule has 2 heterocycles. The first-order valence-electron chi connectivity index (χ1n) is 14.6. The minimum absolute atomic E-state index is 0.00898. The Morgan fingerprint density at radius 1 is 0.951 bits per heavy atom. The van der Waals surface area contributed by atoms with Crippen LogP contribution in [0.25, 0.3) is 11.1 Å². The zero-order chi connectivity index (χ0) is 30.7. The van der Waals surface area contributed by atoms with E-state index in [9.17, 15) is 13.2 Å². The number of benzene rings is 2. The molecule has 1 aromatic heterocycles. The van der Waals surface area contributed by atoms with Gasteiger partial charge in [-0.25, -0.2) is 13.4 Å². The molecule has 41 heavy (non-hydrogen) atoms. The van der Waals surface area contributed by atoms with Gasteiger partial charge in [-0.15, -0.1) is 0 Å². The molecule has 0 aliphatic carbocycles. The molecule has 0 bridgehead atoms. The van der Waals surface area contributed by atoms with Gasteiger partial charge in [0.15, 0.2) is 5.03 Å². The van der Waals surface area contributed by atoms with Gasteiger partial charge in [-0.3, -0.25) is 4.79 Å². The monoisotopic (exact) mass is 579 g/mol. The van der Waals surface area contributed by atoms with Crippen molar-refractivity contribution in [2.45, 2.75) is 78.7 Å². The lowest BCUT2D eigenvalue weighted by Crippen LogP contribution is -2.35. The van der Waals surface area contributed by atoms with Gasteiger partial charge in [0.05, 0.1) is 6.54 Å². The predicted octanol–water partition coefficient (Wildman–Crippen LogP) is 7.66. The van der Waals surface area contributed by atoms with Crippen LogP contribution in [0, 0.1) is 5.92 Å². The molecule has 1 saturated heterocycles. The van der Waals surface area contributed by atoms with Crippen molar-refractivity contribution in [3.05, 3.63) is 96.3 Å². The number of rotatable bonds is 6. The van der Waals surface area contributed by atoms with Gasteiger partial charge >= 0.3 is 0 Å². The van der Waals surface area contributed by atoms with Crippen molar-refractivity contribution < 1.29 is 13.2 Å². The number of pyridine rings is 1. The molecule has 6 nitrogen and oxygen atoms in total. The Bertz CT molecular complexity index is 1270. The number of aromatic nitrogens is 1. The molecule has 2 aromatic carbocycles. The quantitative estimate of drug-likeness (QED) is 0.324. The average molecular weight is 580 g/mol. The number of sulfonamides is 1. The number of nitrogens with two attached hydrogens (primary N) is 1. The van der Waals surface area contributed by atoms with Crippen LogP contribution in [0.1, 0.15) is 72.8 Å². The van der Waals surface area contributed by atoms with E-state index >= 15 is 0 Å². The first-order chi connectivity index (χ1) is 19.6. The van der Waals surface area contributed by atoms with Gasteiger partial charge in [0, 0.05) is 31.3 Å². The lowest BCUT2D eigenvalue weighted by atomic mass is 10.0. The Morgan fingerprint density at radius 2 is 1.59 bits per heavy atom. The van der Waals surface area contributed by atoms with Crippen LogP contribution < -0.4 is 5.73 Å². The van der Waals surface area contributed by atoms with Crippen molar-refractivity contribution in [1.82, 2.24) is 9.29 Å². The number of allylic oxidation sites excluding steroid dienone is 2. The van der Waals surface area contributed by atoms with Crippen LogP contribution in [-0.4, -0.2) is 36.6 Å². The lowest BCUT2D eigenvalue weighted by Gasteiger charge is -2.18. The fourth-order valence-electron chi connectivity index (χ4n) is 3.86. The molecule has 1 aliphatic heterocycles. The van der Waals surface area contributed by atoms with E-state index in [4.69, 9.17) is 5.73 Å². The SMILES string of the molecule is CC.CC(C)C.CC/C=C(/N)Cc1cccc(-c2ccccc2)c1.O=C1CCCCN(S(=O)(=O)c2ccccn2)C1. The van der Waals surface area contributed by atoms with Crippen LogP contribution in [-0.2, 0) is 21.2 Å². The molecule has 1 aliphatic rings. The Hall–Kier alpha value is -3.29. The third-order valence-electron chi connectivity index (χ3n) is 5.62. The molecule has 0 radical (unpaired) electrons. The first kappa shape index (κ1) is 35.7. The van der Waals surface area contributed by atoms with Crippen molar-refractivity contribution in [3.8, 4) is 11.1 Å². The van der Waals surface area contributed by atoms with Crippen molar-refractivity contribution in [1.29, 1.82) is 0 Å². The summed E-state index contributed by atoms with van der Waals surface area (Å²) in [6.07, 6.45) is 7.28. The van der Waals surface area contributed by atoms with Crippen LogP contribution in [0.15, 0.2) is 95.8 Å². The normalized spacial score (nSPS) is 13.9. The second-order valence-electron chi connectivity index (χ2n) is 10.2. The summed E-state index contributed by atoms with van der Waals surface area (Å²) in [7, 11) is -3.62. The Kier molecular flexibility index (Phi) is 17.2. The molecule has 1 fully saturated rings. The second-order valence-corrected chi connectivity index (χ2v) is 12.0. The predicted molar refractivity (Wildman–Crippen MR) is 172 cm³/mol. The van der Waals surface area contributed by atoms with Crippen molar-refractivity contribution in [3.63, 3.8) is 0 Å². The maximum atomic E-state index is 12.2. The van der Waals surface area contributed by atoms with E-state index in [0.29, 0.717) is 13.0 Å². The maximum Gasteiger partial charge on any atom is 0.260 e. The van der Waals surface area contributed by atoms with Crippen LogP contribution >= 0.6 is 0 Å². The third kappa shape index (κ3) is 13.8. The minimum Gasteiger partial charge on any atom is -0.402 e. The third-order valence-corrected chi connectivity index (χ3v) is 7.38. The van der Waals surface area contributed by atoms with Crippen molar-refractivity contribution in [2.75, 3.05) is 13.1 Å². The fraction of sp³-hybridized carbons (Fsp3) is 0.412. The van der Waals surface area contributed by atoms with E-state index in [-0.39, 0.29) is 17.4 Å². The highest BCUT2D eigenvalue weighted by Gasteiger charge is 2.28. The Labute approximate surface area is 248 Å². The molecule has 4 rings (SSSR count). The largest absolute Gasteiger partial charge is 0.402 e. The zero-order valence-corrected chi connectivity index (χ0v) is 26.5. The molecule has 7 heteroatoms.